The lowest BCUT2D eigenvalue weighted by atomic mass is 10.1. The van der Waals surface area contributed by atoms with E-state index in [9.17, 15) is 9.59 Å². The van der Waals surface area contributed by atoms with Gasteiger partial charge in [0.05, 0.1) is 0 Å². The summed E-state index contributed by atoms with van der Waals surface area (Å²) in [5.41, 5.74) is 0. The number of allylic oxidation sites excluding steroid dienone is 12. The van der Waals surface area contributed by atoms with Crippen molar-refractivity contribution in [3.8, 4) is 0 Å². The molecule has 0 aliphatic heterocycles. The Morgan fingerprint density at radius 1 is 0.550 bits per heavy atom. The van der Waals surface area contributed by atoms with Crippen LogP contribution in [-0.2, 0) is 14.3 Å². The van der Waals surface area contributed by atoms with Crippen LogP contribution in [0.15, 0.2) is 72.9 Å². The first-order valence-electron chi connectivity index (χ1n) is 15.9. The van der Waals surface area contributed by atoms with Crippen molar-refractivity contribution < 1.29 is 19.4 Å². The van der Waals surface area contributed by atoms with Crippen LogP contribution in [0, 0.1) is 0 Å². The minimum Gasteiger partial charge on any atom is -0.481 e. The van der Waals surface area contributed by atoms with Crippen LogP contribution in [0.2, 0.25) is 0 Å². The number of carbonyl (C=O) groups excluding carboxylic acids is 1. The van der Waals surface area contributed by atoms with E-state index in [-0.39, 0.29) is 18.5 Å². The predicted molar refractivity (Wildman–Crippen MR) is 171 cm³/mol. The summed E-state index contributed by atoms with van der Waals surface area (Å²) in [6.07, 6.45) is 43.3. The van der Waals surface area contributed by atoms with Gasteiger partial charge in [0.15, 0.2) is 0 Å². The van der Waals surface area contributed by atoms with Gasteiger partial charge < -0.3 is 9.84 Å². The number of carboxylic acids is 1. The summed E-state index contributed by atoms with van der Waals surface area (Å²) in [6.45, 7) is 4.29. The van der Waals surface area contributed by atoms with Crippen LogP contribution < -0.4 is 0 Å². The second-order valence-electron chi connectivity index (χ2n) is 10.2. The summed E-state index contributed by atoms with van der Waals surface area (Å²) >= 11 is 0. The molecule has 0 radical (unpaired) electrons. The smallest absolute Gasteiger partial charge is 0.306 e. The molecule has 0 bridgehead atoms. The first-order chi connectivity index (χ1) is 19.6. The highest BCUT2D eigenvalue weighted by Crippen LogP contribution is 2.15. The van der Waals surface area contributed by atoms with Gasteiger partial charge in [-0.2, -0.15) is 0 Å². The second-order valence-corrected chi connectivity index (χ2v) is 10.2. The summed E-state index contributed by atoms with van der Waals surface area (Å²) < 4.78 is 5.67. The van der Waals surface area contributed by atoms with Crippen LogP contribution in [0.1, 0.15) is 136 Å². The molecule has 1 unspecified atom stereocenters. The quantitative estimate of drug-likeness (QED) is 0.0623. The maximum Gasteiger partial charge on any atom is 0.306 e. The molecule has 40 heavy (non-hydrogen) atoms. The van der Waals surface area contributed by atoms with Gasteiger partial charge in [-0.15, -0.1) is 0 Å². The van der Waals surface area contributed by atoms with Gasteiger partial charge in [-0.25, -0.2) is 0 Å². The highest BCUT2D eigenvalue weighted by molar-refractivity contribution is 5.69. The zero-order valence-electron chi connectivity index (χ0n) is 25.6. The lowest BCUT2D eigenvalue weighted by molar-refractivity contribution is -0.151. The number of hydrogen-bond acceptors (Lipinski definition) is 3. The first kappa shape index (κ1) is 37.4. The molecule has 4 nitrogen and oxygen atoms in total. The van der Waals surface area contributed by atoms with Crippen molar-refractivity contribution in [2.24, 2.45) is 0 Å². The number of esters is 1. The minimum absolute atomic E-state index is 0.0403. The zero-order valence-corrected chi connectivity index (χ0v) is 25.6. The molecule has 0 heterocycles. The third-order valence-electron chi connectivity index (χ3n) is 6.44. The summed E-state index contributed by atoms with van der Waals surface area (Å²) in [7, 11) is 0. The Morgan fingerprint density at radius 2 is 1.00 bits per heavy atom. The van der Waals surface area contributed by atoms with Gasteiger partial charge in [-0.3, -0.25) is 9.59 Å². The Kier molecular flexibility index (Phi) is 28.9. The van der Waals surface area contributed by atoms with Gasteiger partial charge in [-0.1, -0.05) is 106 Å². The van der Waals surface area contributed by atoms with Crippen LogP contribution in [0.4, 0.5) is 0 Å². The highest BCUT2D eigenvalue weighted by Gasteiger charge is 2.15. The van der Waals surface area contributed by atoms with Crippen molar-refractivity contribution >= 4 is 11.9 Å². The molecule has 0 aliphatic carbocycles. The third kappa shape index (κ3) is 29.9. The molecule has 0 spiro atoms. The van der Waals surface area contributed by atoms with Crippen molar-refractivity contribution in [1.82, 2.24) is 0 Å². The summed E-state index contributed by atoms with van der Waals surface area (Å²) in [6, 6.07) is 0. The fourth-order valence-corrected chi connectivity index (χ4v) is 4.14. The van der Waals surface area contributed by atoms with Crippen molar-refractivity contribution in [2.45, 2.75) is 142 Å². The van der Waals surface area contributed by atoms with Gasteiger partial charge in [0.2, 0.25) is 0 Å². The van der Waals surface area contributed by atoms with Crippen LogP contribution in [0.3, 0.4) is 0 Å². The summed E-state index contributed by atoms with van der Waals surface area (Å²) in [5.74, 6) is -1.02. The van der Waals surface area contributed by atoms with E-state index in [1.54, 1.807) is 0 Å². The molecule has 0 saturated heterocycles. The normalized spacial score (nSPS) is 13.2. The monoisotopic (exact) mass is 554 g/mol. The molecule has 4 heteroatoms. The molecule has 1 N–H and O–H groups in total. The number of carbonyl (C=O) groups is 2. The van der Waals surface area contributed by atoms with E-state index in [0.29, 0.717) is 12.8 Å². The Labute approximate surface area is 246 Å². The van der Waals surface area contributed by atoms with E-state index in [4.69, 9.17) is 9.84 Å². The first-order valence-corrected chi connectivity index (χ1v) is 15.9. The Balaban J connectivity index is 3.94. The van der Waals surface area contributed by atoms with E-state index in [2.05, 4.69) is 86.8 Å². The standard InChI is InChI=1S/C36H58O4/c1-3-5-7-9-11-13-15-17-18-19-21-23-25-27-29-31-36(39)40-34(32-33-35(37)38)30-28-26-24-22-20-16-14-12-10-8-6-4-2/h5-8,11-14,17-18,20,22,34H,3-4,9-10,15-16,19,21,23-33H2,1-2H3,(H,37,38)/b7-5-,8-6-,13-11-,14-12-,18-17-,22-20-. The molecular formula is C36H58O4. The number of hydrogen-bond donors (Lipinski definition) is 1. The molecule has 0 amide bonds. The number of aliphatic carboxylic acids is 1. The summed E-state index contributed by atoms with van der Waals surface area (Å²) in [5, 5.41) is 9.05. The Morgan fingerprint density at radius 3 is 1.52 bits per heavy atom. The molecule has 0 aliphatic rings. The van der Waals surface area contributed by atoms with E-state index in [0.717, 1.165) is 89.9 Å². The fraction of sp³-hybridized carbons (Fsp3) is 0.611. The van der Waals surface area contributed by atoms with Crippen molar-refractivity contribution in [2.75, 3.05) is 0 Å². The highest BCUT2D eigenvalue weighted by atomic mass is 16.5. The topological polar surface area (TPSA) is 63.6 Å². The molecular weight excluding hydrogens is 496 g/mol. The molecule has 0 rings (SSSR count). The van der Waals surface area contributed by atoms with Gasteiger partial charge in [0, 0.05) is 12.8 Å². The van der Waals surface area contributed by atoms with Crippen molar-refractivity contribution in [3.05, 3.63) is 72.9 Å². The maximum atomic E-state index is 12.3. The van der Waals surface area contributed by atoms with Crippen LogP contribution >= 0.6 is 0 Å². The van der Waals surface area contributed by atoms with E-state index in [1.165, 1.54) is 12.8 Å². The minimum atomic E-state index is -0.839. The van der Waals surface area contributed by atoms with Crippen LogP contribution in [-0.4, -0.2) is 23.1 Å². The second kappa shape index (κ2) is 30.9. The molecule has 0 saturated carbocycles. The molecule has 0 aromatic heterocycles. The van der Waals surface area contributed by atoms with Crippen LogP contribution in [0.5, 0.6) is 0 Å². The average Bonchev–Trinajstić information content (AvgIpc) is 2.94. The van der Waals surface area contributed by atoms with Gasteiger partial charge in [0.1, 0.15) is 6.10 Å². The van der Waals surface area contributed by atoms with Crippen molar-refractivity contribution in [3.63, 3.8) is 0 Å². The van der Waals surface area contributed by atoms with E-state index >= 15 is 0 Å². The number of carboxylic acid groups (broad SMARTS) is 1. The van der Waals surface area contributed by atoms with Crippen LogP contribution in [0.25, 0.3) is 0 Å². The molecule has 0 fully saturated rings. The fourth-order valence-electron chi connectivity index (χ4n) is 4.14. The lowest BCUT2D eigenvalue weighted by Gasteiger charge is -2.17. The van der Waals surface area contributed by atoms with Gasteiger partial charge in [-0.05, 0) is 89.9 Å². The largest absolute Gasteiger partial charge is 0.481 e. The predicted octanol–water partition coefficient (Wildman–Crippen LogP) is 10.8. The third-order valence-corrected chi connectivity index (χ3v) is 6.44. The zero-order chi connectivity index (χ0) is 29.4. The van der Waals surface area contributed by atoms with E-state index < -0.39 is 5.97 Å². The average molecular weight is 555 g/mol. The molecule has 0 aromatic rings. The molecule has 1 atom stereocenters. The lowest BCUT2D eigenvalue weighted by Crippen LogP contribution is -2.19. The molecule has 226 valence electrons. The van der Waals surface area contributed by atoms with Gasteiger partial charge >= 0.3 is 11.9 Å². The SMILES string of the molecule is CC/C=C\C/C=C\C/C=C\CCCCCCCC(=O)OC(CCCC/C=C\C/C=C\C/C=C\CC)CCC(=O)O. The molecule has 0 aromatic carbocycles. The Hall–Kier alpha value is -2.62. The number of ether oxygens (including phenoxy) is 1. The van der Waals surface area contributed by atoms with Gasteiger partial charge in [0.25, 0.3) is 0 Å². The Bertz CT molecular complexity index is 770. The van der Waals surface area contributed by atoms with E-state index in [1.807, 2.05) is 0 Å². The maximum absolute atomic E-state index is 12.3. The summed E-state index contributed by atoms with van der Waals surface area (Å²) in [4.78, 5) is 23.4. The number of unbranched alkanes of at least 4 members (excludes halogenated alkanes) is 7. The number of rotatable bonds is 27. The van der Waals surface area contributed by atoms with Crippen molar-refractivity contribution in [1.29, 1.82) is 0 Å².